The third-order valence-electron chi connectivity index (χ3n) is 2.60. The van der Waals surface area contributed by atoms with Crippen LogP contribution in [0.3, 0.4) is 0 Å². The van der Waals surface area contributed by atoms with Crippen LogP contribution >= 0.6 is 0 Å². The lowest BCUT2D eigenvalue weighted by Gasteiger charge is -2.07. The minimum atomic E-state index is -1.02. The summed E-state index contributed by atoms with van der Waals surface area (Å²) in [5.74, 6) is 0.317. The van der Waals surface area contributed by atoms with Crippen molar-refractivity contribution >= 4 is 5.97 Å². The van der Waals surface area contributed by atoms with E-state index in [1.54, 1.807) is 23.9 Å². The van der Waals surface area contributed by atoms with Crippen molar-refractivity contribution in [2.45, 2.75) is 26.7 Å². The molecule has 6 heteroatoms. The number of aromatic nitrogens is 4. The maximum Gasteiger partial charge on any atom is 0.339 e. The van der Waals surface area contributed by atoms with Crippen LogP contribution in [0.25, 0.3) is 5.95 Å². The Bertz CT molecular complexity index is 577. The van der Waals surface area contributed by atoms with Crippen LogP contribution < -0.4 is 0 Å². The van der Waals surface area contributed by atoms with Gasteiger partial charge in [-0.1, -0.05) is 6.92 Å². The zero-order chi connectivity index (χ0) is 13.1. The van der Waals surface area contributed by atoms with Crippen LogP contribution in [-0.2, 0) is 6.42 Å². The van der Waals surface area contributed by atoms with Crippen LogP contribution in [0, 0.1) is 6.92 Å². The topological polar surface area (TPSA) is 80.9 Å². The van der Waals surface area contributed by atoms with E-state index in [2.05, 4.69) is 21.9 Å². The van der Waals surface area contributed by atoms with E-state index in [-0.39, 0.29) is 5.56 Å². The first-order valence-electron chi connectivity index (χ1n) is 5.73. The summed E-state index contributed by atoms with van der Waals surface area (Å²) in [7, 11) is 0. The molecule has 0 aliphatic carbocycles. The maximum atomic E-state index is 10.9. The van der Waals surface area contributed by atoms with Crippen LogP contribution in [0.5, 0.6) is 0 Å². The molecule has 0 spiro atoms. The van der Waals surface area contributed by atoms with Crippen LogP contribution in [-0.4, -0.2) is 30.6 Å². The third kappa shape index (κ3) is 2.22. The van der Waals surface area contributed by atoms with Crippen molar-refractivity contribution in [2.75, 3.05) is 0 Å². The fraction of sp³-hybridized carbons (Fsp3) is 0.333. The highest BCUT2D eigenvalue weighted by Crippen LogP contribution is 2.10. The number of hydrogen-bond acceptors (Lipinski definition) is 4. The molecule has 0 radical (unpaired) electrons. The summed E-state index contributed by atoms with van der Waals surface area (Å²) in [6, 6.07) is 0. The van der Waals surface area contributed by atoms with Crippen molar-refractivity contribution in [1.82, 2.24) is 19.5 Å². The normalized spacial score (nSPS) is 10.6. The highest BCUT2D eigenvalue weighted by molar-refractivity contribution is 5.88. The summed E-state index contributed by atoms with van der Waals surface area (Å²) >= 11 is 0. The second kappa shape index (κ2) is 4.95. The standard InChI is InChI=1S/C12H14N4O2/c1-3-4-10-13-5-6-16(10)12-14-7-9(11(17)18)8(2)15-12/h5-7H,3-4H2,1-2H3,(H,17,18). The predicted molar refractivity (Wildman–Crippen MR) is 64.8 cm³/mol. The molecule has 2 heterocycles. The molecule has 6 nitrogen and oxygen atoms in total. The molecular formula is C12H14N4O2. The second-order valence-electron chi connectivity index (χ2n) is 3.94. The van der Waals surface area contributed by atoms with Crippen LogP contribution in [0.15, 0.2) is 18.6 Å². The zero-order valence-electron chi connectivity index (χ0n) is 10.3. The number of hydrogen-bond donors (Lipinski definition) is 1. The lowest BCUT2D eigenvalue weighted by molar-refractivity contribution is 0.0695. The molecule has 0 bridgehead atoms. The van der Waals surface area contributed by atoms with Gasteiger partial charge in [0, 0.05) is 25.0 Å². The molecule has 0 unspecified atom stereocenters. The summed E-state index contributed by atoms with van der Waals surface area (Å²) in [6.07, 6.45) is 6.60. The van der Waals surface area contributed by atoms with Gasteiger partial charge in [0.05, 0.1) is 11.3 Å². The first-order chi connectivity index (χ1) is 8.63. The molecule has 0 aliphatic heterocycles. The SMILES string of the molecule is CCCc1nccn1-c1ncc(C(=O)O)c(C)n1. The summed E-state index contributed by atoms with van der Waals surface area (Å²) < 4.78 is 1.78. The molecule has 0 saturated carbocycles. The number of imidazole rings is 1. The van der Waals surface area contributed by atoms with Crippen molar-refractivity contribution in [2.24, 2.45) is 0 Å². The lowest BCUT2D eigenvalue weighted by Crippen LogP contribution is -2.09. The van der Waals surface area contributed by atoms with Gasteiger partial charge in [-0.15, -0.1) is 0 Å². The lowest BCUT2D eigenvalue weighted by atomic mass is 10.2. The average Bonchev–Trinajstić information content (AvgIpc) is 2.77. The Labute approximate surface area is 104 Å². The molecule has 0 aliphatic rings. The largest absolute Gasteiger partial charge is 0.478 e. The number of nitrogens with zero attached hydrogens (tertiary/aromatic N) is 4. The van der Waals surface area contributed by atoms with Crippen LogP contribution in [0.2, 0.25) is 0 Å². The van der Waals surface area contributed by atoms with E-state index in [0.717, 1.165) is 18.7 Å². The Morgan fingerprint density at radius 3 is 2.83 bits per heavy atom. The monoisotopic (exact) mass is 246 g/mol. The smallest absolute Gasteiger partial charge is 0.339 e. The Morgan fingerprint density at radius 2 is 2.22 bits per heavy atom. The van der Waals surface area contributed by atoms with Gasteiger partial charge in [-0.05, 0) is 13.3 Å². The number of rotatable bonds is 4. The minimum Gasteiger partial charge on any atom is -0.478 e. The van der Waals surface area contributed by atoms with Gasteiger partial charge in [0.25, 0.3) is 0 Å². The molecule has 94 valence electrons. The Kier molecular flexibility index (Phi) is 3.36. The van der Waals surface area contributed by atoms with Gasteiger partial charge >= 0.3 is 5.97 Å². The fourth-order valence-electron chi connectivity index (χ4n) is 1.71. The van der Waals surface area contributed by atoms with Gasteiger partial charge in [-0.2, -0.15) is 0 Å². The molecule has 0 atom stereocenters. The molecule has 0 amide bonds. The summed E-state index contributed by atoms with van der Waals surface area (Å²) in [5, 5.41) is 8.93. The molecule has 1 N–H and O–H groups in total. The van der Waals surface area contributed by atoms with E-state index < -0.39 is 5.97 Å². The van der Waals surface area contributed by atoms with Gasteiger partial charge in [-0.25, -0.2) is 19.7 Å². The number of carbonyl (C=O) groups is 1. The van der Waals surface area contributed by atoms with Crippen molar-refractivity contribution < 1.29 is 9.90 Å². The van der Waals surface area contributed by atoms with Crippen LogP contribution in [0.4, 0.5) is 0 Å². The predicted octanol–water partition coefficient (Wildman–Crippen LogP) is 1.62. The Balaban J connectivity index is 2.42. The highest BCUT2D eigenvalue weighted by atomic mass is 16.4. The van der Waals surface area contributed by atoms with E-state index in [1.807, 2.05) is 0 Å². The van der Waals surface area contributed by atoms with Crippen molar-refractivity contribution in [3.63, 3.8) is 0 Å². The molecule has 2 rings (SSSR count). The zero-order valence-corrected chi connectivity index (χ0v) is 10.3. The molecule has 0 aromatic carbocycles. The number of carboxylic acids is 1. The summed E-state index contributed by atoms with van der Waals surface area (Å²) in [6.45, 7) is 3.73. The summed E-state index contributed by atoms with van der Waals surface area (Å²) in [4.78, 5) is 23.4. The quantitative estimate of drug-likeness (QED) is 0.886. The molecule has 0 saturated heterocycles. The van der Waals surface area contributed by atoms with Gasteiger partial charge in [0.2, 0.25) is 5.95 Å². The Hall–Kier alpha value is -2.24. The molecular weight excluding hydrogens is 232 g/mol. The highest BCUT2D eigenvalue weighted by Gasteiger charge is 2.12. The molecule has 18 heavy (non-hydrogen) atoms. The minimum absolute atomic E-state index is 0.121. The molecule has 0 fully saturated rings. The van der Waals surface area contributed by atoms with Crippen LogP contribution in [0.1, 0.15) is 35.2 Å². The van der Waals surface area contributed by atoms with E-state index in [0.29, 0.717) is 11.6 Å². The average molecular weight is 246 g/mol. The molecule has 2 aromatic heterocycles. The van der Waals surface area contributed by atoms with Gasteiger partial charge < -0.3 is 5.11 Å². The first-order valence-corrected chi connectivity index (χ1v) is 5.73. The van der Waals surface area contributed by atoms with E-state index >= 15 is 0 Å². The summed E-state index contributed by atoms with van der Waals surface area (Å²) in [5.41, 5.74) is 0.569. The number of aromatic carboxylic acids is 1. The van der Waals surface area contributed by atoms with Crippen molar-refractivity contribution in [3.8, 4) is 5.95 Å². The van der Waals surface area contributed by atoms with Crippen molar-refractivity contribution in [1.29, 1.82) is 0 Å². The fourth-order valence-corrected chi connectivity index (χ4v) is 1.71. The number of carboxylic acid groups (broad SMARTS) is 1. The van der Waals surface area contributed by atoms with Crippen molar-refractivity contribution in [3.05, 3.63) is 35.7 Å². The van der Waals surface area contributed by atoms with E-state index in [1.165, 1.54) is 6.20 Å². The Morgan fingerprint density at radius 1 is 1.44 bits per heavy atom. The van der Waals surface area contributed by atoms with Gasteiger partial charge in [0.1, 0.15) is 5.82 Å². The molecule has 2 aromatic rings. The third-order valence-corrected chi connectivity index (χ3v) is 2.60. The van der Waals surface area contributed by atoms with E-state index in [9.17, 15) is 4.79 Å². The van der Waals surface area contributed by atoms with E-state index in [4.69, 9.17) is 5.11 Å². The van der Waals surface area contributed by atoms with Gasteiger partial charge in [-0.3, -0.25) is 4.57 Å². The number of aryl methyl sites for hydroxylation is 2. The maximum absolute atomic E-state index is 10.9. The first kappa shape index (κ1) is 12.2. The van der Waals surface area contributed by atoms with Gasteiger partial charge in [0.15, 0.2) is 0 Å². The second-order valence-corrected chi connectivity index (χ2v) is 3.94.